The van der Waals surface area contributed by atoms with E-state index in [-0.39, 0.29) is 0 Å². The van der Waals surface area contributed by atoms with Gasteiger partial charge in [0.2, 0.25) is 0 Å². The number of hydrogen-bond donors (Lipinski definition) is 1. The van der Waals surface area contributed by atoms with Gasteiger partial charge < -0.3 is 10.1 Å². The van der Waals surface area contributed by atoms with E-state index in [2.05, 4.69) is 24.3 Å². The third-order valence-electron chi connectivity index (χ3n) is 3.61. The van der Waals surface area contributed by atoms with Gasteiger partial charge in [0.05, 0.1) is 12.8 Å². The van der Waals surface area contributed by atoms with Gasteiger partial charge in [-0.3, -0.25) is 4.68 Å². The maximum atomic E-state index is 6.21. The van der Waals surface area contributed by atoms with Crippen molar-refractivity contribution in [3.05, 3.63) is 46.7 Å². The maximum absolute atomic E-state index is 6.21. The summed E-state index contributed by atoms with van der Waals surface area (Å²) < 4.78 is 7.34. The van der Waals surface area contributed by atoms with Crippen molar-refractivity contribution in [3.8, 4) is 5.75 Å². The van der Waals surface area contributed by atoms with Crippen LogP contribution >= 0.6 is 11.6 Å². The molecule has 1 aromatic carbocycles. The van der Waals surface area contributed by atoms with Gasteiger partial charge in [-0.1, -0.05) is 24.6 Å². The van der Waals surface area contributed by atoms with Crippen LogP contribution in [0.25, 0.3) is 0 Å². The fraction of sp³-hybridized carbons (Fsp3) is 0.438. The number of methoxy groups -OCH3 is 1. The smallest absolute Gasteiger partial charge is 0.124 e. The minimum absolute atomic E-state index is 0.433. The van der Waals surface area contributed by atoms with Crippen LogP contribution in [0.5, 0.6) is 5.75 Å². The molecule has 0 aliphatic heterocycles. The average molecular weight is 308 g/mol. The molecule has 0 saturated carbocycles. The highest BCUT2D eigenvalue weighted by atomic mass is 35.5. The van der Waals surface area contributed by atoms with Crippen LogP contribution in [0.15, 0.2) is 30.5 Å². The highest BCUT2D eigenvalue weighted by Crippen LogP contribution is 2.25. The summed E-state index contributed by atoms with van der Waals surface area (Å²) >= 11 is 6.21. The summed E-state index contributed by atoms with van der Waals surface area (Å²) in [6.45, 7) is 5.68. The number of rotatable bonds is 7. The number of aromatic nitrogens is 2. The van der Waals surface area contributed by atoms with E-state index in [9.17, 15) is 0 Å². The van der Waals surface area contributed by atoms with Crippen LogP contribution in [0.4, 0.5) is 0 Å². The summed E-state index contributed by atoms with van der Waals surface area (Å²) in [5.41, 5.74) is 2.00. The second kappa shape index (κ2) is 7.48. The maximum Gasteiger partial charge on any atom is 0.124 e. The zero-order valence-electron chi connectivity index (χ0n) is 12.8. The van der Waals surface area contributed by atoms with Crippen LogP contribution in [0.3, 0.4) is 0 Å². The summed E-state index contributed by atoms with van der Waals surface area (Å²) in [6, 6.07) is 8.16. The zero-order chi connectivity index (χ0) is 15.2. The second-order valence-electron chi connectivity index (χ2n) is 5.07. The molecule has 2 rings (SSSR count). The number of benzene rings is 1. The van der Waals surface area contributed by atoms with E-state index in [4.69, 9.17) is 16.3 Å². The lowest BCUT2D eigenvalue weighted by Gasteiger charge is -2.11. The first-order valence-corrected chi connectivity index (χ1v) is 7.59. The Morgan fingerprint density at radius 3 is 2.86 bits per heavy atom. The Morgan fingerprint density at radius 1 is 1.33 bits per heavy atom. The molecule has 1 N–H and O–H groups in total. The van der Waals surface area contributed by atoms with Crippen LogP contribution in [-0.2, 0) is 13.1 Å². The fourth-order valence-electron chi connectivity index (χ4n) is 2.12. The van der Waals surface area contributed by atoms with Gasteiger partial charge in [0.25, 0.3) is 0 Å². The van der Waals surface area contributed by atoms with Gasteiger partial charge in [0.15, 0.2) is 0 Å². The third-order valence-corrected chi connectivity index (χ3v) is 3.96. The second-order valence-corrected chi connectivity index (χ2v) is 5.48. The molecular formula is C16H22ClN3O. The monoisotopic (exact) mass is 307 g/mol. The van der Waals surface area contributed by atoms with Crippen molar-refractivity contribution in [2.24, 2.45) is 0 Å². The van der Waals surface area contributed by atoms with Crippen molar-refractivity contribution in [3.63, 3.8) is 0 Å². The summed E-state index contributed by atoms with van der Waals surface area (Å²) in [7, 11) is 1.66. The molecule has 0 radical (unpaired) electrons. The fourth-order valence-corrected chi connectivity index (χ4v) is 2.35. The van der Waals surface area contributed by atoms with Gasteiger partial charge in [-0.2, -0.15) is 5.10 Å². The molecule has 0 spiro atoms. The molecule has 1 atom stereocenters. The highest BCUT2D eigenvalue weighted by molar-refractivity contribution is 6.31. The van der Waals surface area contributed by atoms with Crippen LogP contribution in [0.2, 0.25) is 5.02 Å². The molecule has 114 valence electrons. The molecule has 0 aliphatic rings. The molecule has 1 aromatic heterocycles. The molecule has 1 unspecified atom stereocenters. The van der Waals surface area contributed by atoms with Crippen molar-refractivity contribution < 1.29 is 4.74 Å². The molecule has 2 aromatic rings. The highest BCUT2D eigenvalue weighted by Gasteiger charge is 2.08. The van der Waals surface area contributed by atoms with E-state index in [0.29, 0.717) is 24.2 Å². The standard InChI is InChI=1S/C16H22ClN3O/c1-4-12(2)20-9-8-13(19-20)10-18-11-14-15(17)6-5-7-16(14)21-3/h5-9,12,18H,4,10-11H2,1-3H3. The summed E-state index contributed by atoms with van der Waals surface area (Å²) in [5, 5.41) is 8.65. The lowest BCUT2D eigenvalue weighted by atomic mass is 10.2. The van der Waals surface area contributed by atoms with E-state index in [0.717, 1.165) is 23.4 Å². The largest absolute Gasteiger partial charge is 0.496 e. The number of hydrogen-bond acceptors (Lipinski definition) is 3. The quantitative estimate of drug-likeness (QED) is 0.845. The first-order chi connectivity index (χ1) is 10.2. The zero-order valence-corrected chi connectivity index (χ0v) is 13.5. The molecular weight excluding hydrogens is 286 g/mol. The van der Waals surface area contributed by atoms with Crippen LogP contribution < -0.4 is 10.1 Å². The Morgan fingerprint density at radius 2 is 2.14 bits per heavy atom. The molecule has 21 heavy (non-hydrogen) atoms. The molecule has 5 heteroatoms. The van der Waals surface area contributed by atoms with Crippen molar-refractivity contribution >= 4 is 11.6 Å². The predicted octanol–water partition coefficient (Wildman–Crippen LogP) is 3.81. The van der Waals surface area contributed by atoms with E-state index in [1.165, 1.54) is 0 Å². The van der Waals surface area contributed by atoms with Crippen LogP contribution in [-0.4, -0.2) is 16.9 Å². The molecule has 0 fully saturated rings. The molecule has 0 saturated heterocycles. The Bertz CT molecular complexity index is 583. The van der Waals surface area contributed by atoms with Crippen LogP contribution in [0, 0.1) is 0 Å². The number of ether oxygens (including phenoxy) is 1. The molecule has 0 bridgehead atoms. The number of halogens is 1. The van der Waals surface area contributed by atoms with Gasteiger partial charge in [-0.05, 0) is 31.5 Å². The van der Waals surface area contributed by atoms with E-state index < -0.39 is 0 Å². The van der Waals surface area contributed by atoms with Gasteiger partial charge in [0.1, 0.15) is 5.75 Å². The lowest BCUT2D eigenvalue weighted by molar-refractivity contribution is 0.407. The normalized spacial score (nSPS) is 12.4. The van der Waals surface area contributed by atoms with Gasteiger partial charge in [-0.25, -0.2) is 0 Å². The number of nitrogens with one attached hydrogen (secondary N) is 1. The van der Waals surface area contributed by atoms with Crippen LogP contribution in [0.1, 0.15) is 37.6 Å². The Kier molecular flexibility index (Phi) is 5.65. The molecule has 4 nitrogen and oxygen atoms in total. The molecule has 0 aliphatic carbocycles. The summed E-state index contributed by atoms with van der Waals surface area (Å²) in [6.07, 6.45) is 3.10. The van der Waals surface area contributed by atoms with Crippen molar-refractivity contribution in [2.45, 2.75) is 39.4 Å². The van der Waals surface area contributed by atoms with Gasteiger partial charge >= 0.3 is 0 Å². The van der Waals surface area contributed by atoms with Gasteiger partial charge in [-0.15, -0.1) is 0 Å². The van der Waals surface area contributed by atoms with E-state index in [1.807, 2.05) is 35.1 Å². The minimum Gasteiger partial charge on any atom is -0.496 e. The minimum atomic E-state index is 0.433. The van der Waals surface area contributed by atoms with E-state index in [1.54, 1.807) is 7.11 Å². The van der Waals surface area contributed by atoms with E-state index >= 15 is 0 Å². The number of nitrogens with zero attached hydrogens (tertiary/aromatic N) is 2. The third kappa shape index (κ3) is 3.99. The Balaban J connectivity index is 1.94. The molecule has 1 heterocycles. The first-order valence-electron chi connectivity index (χ1n) is 7.21. The summed E-state index contributed by atoms with van der Waals surface area (Å²) in [5.74, 6) is 0.806. The van der Waals surface area contributed by atoms with Crippen molar-refractivity contribution in [1.29, 1.82) is 0 Å². The first kappa shape index (κ1) is 15.9. The van der Waals surface area contributed by atoms with Crippen molar-refractivity contribution in [1.82, 2.24) is 15.1 Å². The molecule has 0 amide bonds. The predicted molar refractivity (Wildman–Crippen MR) is 85.8 cm³/mol. The van der Waals surface area contributed by atoms with Gasteiger partial charge in [0, 0.05) is 35.9 Å². The topological polar surface area (TPSA) is 39.1 Å². The average Bonchev–Trinajstić information content (AvgIpc) is 2.96. The Hall–Kier alpha value is -1.52. The summed E-state index contributed by atoms with van der Waals surface area (Å²) in [4.78, 5) is 0. The SMILES string of the molecule is CCC(C)n1ccc(CNCc2c(Cl)cccc2OC)n1. The Labute approximate surface area is 131 Å². The lowest BCUT2D eigenvalue weighted by Crippen LogP contribution is -2.15. The van der Waals surface area contributed by atoms with Crippen molar-refractivity contribution in [2.75, 3.05) is 7.11 Å².